The number of hydrogen-bond acceptors (Lipinski definition) is 6. The lowest BCUT2D eigenvalue weighted by atomic mass is 10.00. The summed E-state index contributed by atoms with van der Waals surface area (Å²) >= 11 is 1.50. The lowest BCUT2D eigenvalue weighted by molar-refractivity contribution is -0.0212. The molecule has 1 heterocycles. The molecule has 0 spiro atoms. The number of carboxylic acid groups (broad SMARTS) is 1. The zero-order valence-electron chi connectivity index (χ0n) is 22.1. The molecule has 3 aromatic rings. The highest BCUT2D eigenvalue weighted by Crippen LogP contribution is 2.44. The number of phenolic OH excluding ortho intramolecular Hbond substituents is 1. The Labute approximate surface area is 232 Å². The first-order valence-electron chi connectivity index (χ1n) is 13.1. The van der Waals surface area contributed by atoms with Crippen molar-refractivity contribution in [1.29, 1.82) is 0 Å². The van der Waals surface area contributed by atoms with Crippen molar-refractivity contribution in [3.63, 3.8) is 0 Å². The Balaban J connectivity index is 1.37. The molecule has 4 rings (SSSR count). The van der Waals surface area contributed by atoms with Gasteiger partial charge in [-0.05, 0) is 65.8 Å². The van der Waals surface area contributed by atoms with Gasteiger partial charge in [-0.25, -0.2) is 9.18 Å². The summed E-state index contributed by atoms with van der Waals surface area (Å²) in [6, 6.07) is 16.1. The third-order valence-electron chi connectivity index (χ3n) is 6.51. The van der Waals surface area contributed by atoms with Crippen molar-refractivity contribution < 1.29 is 33.6 Å². The first-order chi connectivity index (χ1) is 18.9. The Morgan fingerprint density at radius 1 is 1.05 bits per heavy atom. The first-order valence-corrected chi connectivity index (χ1v) is 14.0. The van der Waals surface area contributed by atoms with E-state index in [1.54, 1.807) is 36.4 Å². The van der Waals surface area contributed by atoms with Crippen molar-refractivity contribution in [2.75, 3.05) is 13.2 Å². The summed E-state index contributed by atoms with van der Waals surface area (Å²) in [5.41, 5.74) is 2.42. The first kappa shape index (κ1) is 28.5. The maximum atomic E-state index is 13.3. The fourth-order valence-electron chi connectivity index (χ4n) is 4.56. The molecule has 3 aromatic carbocycles. The minimum Gasteiger partial charge on any atom is -0.507 e. The fraction of sp³-hybridized carbons (Fsp3) is 0.323. The molecule has 2 unspecified atom stereocenters. The Bertz CT molecular complexity index is 1310. The summed E-state index contributed by atoms with van der Waals surface area (Å²) in [4.78, 5) is 10.9. The summed E-state index contributed by atoms with van der Waals surface area (Å²) < 4.78 is 31.9. The number of aromatic carboxylic acids is 1. The number of hydrogen-bond donors (Lipinski definition) is 2. The van der Waals surface area contributed by atoms with E-state index in [1.165, 1.54) is 30.0 Å². The standard InChI is InChI=1S/C31H33FO6S/c1-3-15-31(38-27-9-6-5-8-24(27)30(34)35)29(14-18-39-31)37-17-7-16-36-28-20-26(33)25(19-21(28)4-2)22-10-12-23(32)13-11-22/h5-6,8-14,18-20,29,33H,3-4,7,15-17H2,1-2H3,(H,34,35). The van der Waals surface area contributed by atoms with Gasteiger partial charge in [0, 0.05) is 18.1 Å². The number of thioether (sulfide) groups is 1. The lowest BCUT2D eigenvalue weighted by Gasteiger charge is -2.35. The van der Waals surface area contributed by atoms with E-state index in [1.807, 2.05) is 24.5 Å². The number of carbonyl (C=O) groups is 1. The second-order valence-corrected chi connectivity index (χ2v) is 10.4. The number of phenols is 1. The van der Waals surface area contributed by atoms with Gasteiger partial charge in [-0.15, -0.1) is 0 Å². The van der Waals surface area contributed by atoms with Crippen LogP contribution >= 0.6 is 11.8 Å². The summed E-state index contributed by atoms with van der Waals surface area (Å²) in [6.45, 7) is 4.86. The highest BCUT2D eigenvalue weighted by Gasteiger charge is 2.44. The molecular formula is C31H33FO6S. The van der Waals surface area contributed by atoms with Gasteiger partial charge >= 0.3 is 5.97 Å². The normalized spacial score (nSPS) is 18.3. The van der Waals surface area contributed by atoms with E-state index in [-0.39, 0.29) is 23.2 Å². The number of para-hydroxylation sites is 1. The number of aryl methyl sites for hydroxylation is 1. The van der Waals surface area contributed by atoms with Crippen molar-refractivity contribution in [2.24, 2.45) is 0 Å². The molecule has 0 saturated heterocycles. The third kappa shape index (κ3) is 6.75. The van der Waals surface area contributed by atoms with E-state index in [4.69, 9.17) is 14.2 Å². The number of ether oxygens (including phenoxy) is 3. The predicted molar refractivity (Wildman–Crippen MR) is 151 cm³/mol. The molecule has 2 atom stereocenters. The second kappa shape index (κ2) is 13.0. The molecule has 206 valence electrons. The Morgan fingerprint density at radius 3 is 2.54 bits per heavy atom. The van der Waals surface area contributed by atoms with E-state index in [2.05, 4.69) is 6.92 Å². The van der Waals surface area contributed by atoms with E-state index in [9.17, 15) is 19.4 Å². The van der Waals surface area contributed by atoms with Crippen LogP contribution in [0.25, 0.3) is 11.1 Å². The van der Waals surface area contributed by atoms with Crippen LogP contribution in [0, 0.1) is 5.82 Å². The lowest BCUT2D eigenvalue weighted by Crippen LogP contribution is -2.43. The van der Waals surface area contributed by atoms with E-state index in [0.29, 0.717) is 49.5 Å². The number of benzene rings is 3. The quantitative estimate of drug-likeness (QED) is 0.213. The summed E-state index contributed by atoms with van der Waals surface area (Å²) in [5.74, 6) is -0.368. The molecule has 0 aliphatic carbocycles. The van der Waals surface area contributed by atoms with Gasteiger partial charge in [0.05, 0.1) is 13.2 Å². The van der Waals surface area contributed by atoms with Crippen LogP contribution in [0.15, 0.2) is 72.1 Å². The van der Waals surface area contributed by atoms with E-state index < -0.39 is 10.9 Å². The molecule has 0 bridgehead atoms. The van der Waals surface area contributed by atoms with Crippen molar-refractivity contribution in [3.05, 3.63) is 89.1 Å². The number of halogens is 1. The van der Waals surface area contributed by atoms with Crippen molar-refractivity contribution in [1.82, 2.24) is 0 Å². The zero-order valence-corrected chi connectivity index (χ0v) is 22.9. The van der Waals surface area contributed by atoms with Crippen molar-refractivity contribution in [2.45, 2.75) is 50.6 Å². The molecule has 8 heteroatoms. The SMILES string of the molecule is CCCC1(Oc2ccccc2C(=O)O)SC=CC1OCCCOc1cc(O)c(-c2ccc(F)cc2)cc1CC. The maximum absolute atomic E-state index is 13.3. The van der Waals surface area contributed by atoms with Gasteiger partial charge in [0.15, 0.2) is 4.93 Å². The average molecular weight is 553 g/mol. The minimum absolute atomic E-state index is 0.0707. The smallest absolute Gasteiger partial charge is 0.339 e. The molecule has 0 saturated carbocycles. The Kier molecular flexibility index (Phi) is 9.54. The van der Waals surface area contributed by atoms with Crippen molar-refractivity contribution in [3.8, 4) is 28.4 Å². The largest absolute Gasteiger partial charge is 0.507 e. The van der Waals surface area contributed by atoms with Gasteiger partial charge in [0.1, 0.15) is 34.7 Å². The summed E-state index contributed by atoms with van der Waals surface area (Å²) in [5, 5.41) is 22.1. The minimum atomic E-state index is -1.04. The Hall–Kier alpha value is -3.49. The van der Waals surface area contributed by atoms with Crippen LogP contribution in [-0.4, -0.2) is 40.4 Å². The fourth-order valence-corrected chi connectivity index (χ4v) is 5.75. The molecule has 0 fully saturated rings. The molecule has 0 aromatic heterocycles. The van der Waals surface area contributed by atoms with E-state index >= 15 is 0 Å². The van der Waals surface area contributed by atoms with Crippen LogP contribution in [0.5, 0.6) is 17.2 Å². The highest BCUT2D eigenvalue weighted by molar-refractivity contribution is 8.03. The van der Waals surface area contributed by atoms with Crippen LogP contribution in [0.4, 0.5) is 4.39 Å². The highest BCUT2D eigenvalue weighted by atomic mass is 32.2. The monoisotopic (exact) mass is 552 g/mol. The van der Waals surface area contributed by atoms with Gasteiger partial charge in [-0.1, -0.05) is 56.3 Å². The van der Waals surface area contributed by atoms with Crippen LogP contribution in [0.3, 0.4) is 0 Å². The molecule has 2 N–H and O–H groups in total. The maximum Gasteiger partial charge on any atom is 0.339 e. The van der Waals surface area contributed by atoms with Gasteiger partial charge in [-0.2, -0.15) is 0 Å². The van der Waals surface area contributed by atoms with Crippen LogP contribution in [-0.2, 0) is 11.2 Å². The molecule has 0 radical (unpaired) electrons. The zero-order chi connectivity index (χ0) is 27.8. The molecule has 1 aliphatic rings. The van der Waals surface area contributed by atoms with Crippen LogP contribution in [0.1, 0.15) is 49.0 Å². The van der Waals surface area contributed by atoms with Gasteiger partial charge in [0.25, 0.3) is 0 Å². The molecule has 6 nitrogen and oxygen atoms in total. The number of aromatic hydroxyl groups is 1. The second-order valence-electron chi connectivity index (χ2n) is 9.24. The Morgan fingerprint density at radius 2 is 1.82 bits per heavy atom. The van der Waals surface area contributed by atoms with Gasteiger partial charge in [0.2, 0.25) is 0 Å². The summed E-state index contributed by atoms with van der Waals surface area (Å²) in [7, 11) is 0. The van der Waals surface area contributed by atoms with Crippen molar-refractivity contribution >= 4 is 17.7 Å². The van der Waals surface area contributed by atoms with Gasteiger partial charge < -0.3 is 24.4 Å². The average Bonchev–Trinajstić information content (AvgIpc) is 3.31. The predicted octanol–water partition coefficient (Wildman–Crippen LogP) is 7.45. The molecule has 39 heavy (non-hydrogen) atoms. The number of carboxylic acids is 1. The topological polar surface area (TPSA) is 85.2 Å². The molecule has 0 amide bonds. The number of rotatable bonds is 13. The third-order valence-corrected chi connectivity index (χ3v) is 7.72. The van der Waals surface area contributed by atoms with E-state index in [0.717, 1.165) is 17.5 Å². The van der Waals surface area contributed by atoms with Gasteiger partial charge in [-0.3, -0.25) is 0 Å². The molecule has 1 aliphatic heterocycles. The summed E-state index contributed by atoms with van der Waals surface area (Å²) in [6.07, 6.45) is 4.43. The van der Waals surface area contributed by atoms with Crippen LogP contribution < -0.4 is 9.47 Å². The van der Waals surface area contributed by atoms with Crippen LogP contribution in [0.2, 0.25) is 0 Å². The molecular weight excluding hydrogens is 519 g/mol.